The third kappa shape index (κ3) is 3.61. The molecule has 8 heteroatoms. The second kappa shape index (κ2) is 7.32. The van der Waals surface area contributed by atoms with Gasteiger partial charge in [0.15, 0.2) is 5.82 Å². The molecule has 1 saturated carbocycles. The van der Waals surface area contributed by atoms with Crippen molar-refractivity contribution in [2.24, 2.45) is 0 Å². The van der Waals surface area contributed by atoms with Crippen LogP contribution in [0.2, 0.25) is 5.02 Å². The van der Waals surface area contributed by atoms with Crippen LogP contribution in [0.1, 0.15) is 44.4 Å². The molecule has 3 aromatic heterocycles. The minimum atomic E-state index is -0.404. The largest absolute Gasteiger partial charge is 0.338 e. The predicted octanol–water partition coefficient (Wildman–Crippen LogP) is 4.90. The van der Waals surface area contributed by atoms with Gasteiger partial charge in [-0.1, -0.05) is 42.7 Å². The van der Waals surface area contributed by atoms with Crippen molar-refractivity contribution in [2.45, 2.75) is 44.6 Å². The Bertz CT molecular complexity index is 1180. The van der Waals surface area contributed by atoms with Gasteiger partial charge >= 0.3 is 0 Å². The van der Waals surface area contributed by atoms with E-state index in [1.165, 1.54) is 0 Å². The molecule has 7 nitrogen and oxygen atoms in total. The first kappa shape index (κ1) is 18.9. The van der Waals surface area contributed by atoms with Crippen LogP contribution >= 0.6 is 11.6 Å². The van der Waals surface area contributed by atoms with Crippen LogP contribution in [-0.2, 0) is 11.8 Å². The Balaban J connectivity index is 1.45. The average Bonchev–Trinajstić information content (AvgIpc) is 3.29. The summed E-state index contributed by atoms with van der Waals surface area (Å²) in [5.74, 6) is 2.91. The summed E-state index contributed by atoms with van der Waals surface area (Å²) < 4.78 is 7.89. The molecule has 0 bridgehead atoms. The molecule has 0 spiro atoms. The zero-order chi connectivity index (χ0) is 20.7. The summed E-state index contributed by atoms with van der Waals surface area (Å²) in [7, 11) is 0. The van der Waals surface area contributed by atoms with Gasteiger partial charge in [0.05, 0.1) is 5.41 Å². The summed E-state index contributed by atoms with van der Waals surface area (Å²) >= 11 is 6.10. The van der Waals surface area contributed by atoms with E-state index >= 15 is 0 Å². The number of nitrogens with zero attached hydrogens (tertiary/aromatic N) is 6. The molecule has 1 fully saturated rings. The van der Waals surface area contributed by atoms with Crippen molar-refractivity contribution in [3.63, 3.8) is 0 Å². The molecule has 3 heterocycles. The molecule has 4 aromatic rings. The zero-order valence-electron chi connectivity index (χ0n) is 16.8. The molecule has 0 saturated heterocycles. The number of benzene rings is 1. The van der Waals surface area contributed by atoms with E-state index in [1.807, 2.05) is 36.4 Å². The van der Waals surface area contributed by atoms with E-state index in [2.05, 4.69) is 43.7 Å². The second-order valence-electron chi connectivity index (χ2n) is 8.27. The quantitative estimate of drug-likeness (QED) is 0.441. The fraction of sp³-hybridized carbons (Fsp3) is 0.318. The highest BCUT2D eigenvalue weighted by atomic mass is 35.5. The van der Waals surface area contributed by atoms with Crippen molar-refractivity contribution in [1.29, 1.82) is 0 Å². The van der Waals surface area contributed by atoms with Gasteiger partial charge < -0.3 is 9.09 Å². The summed E-state index contributed by atoms with van der Waals surface area (Å²) in [6, 6.07) is 11.8. The Morgan fingerprint density at radius 2 is 1.90 bits per heavy atom. The number of pyridine rings is 1. The van der Waals surface area contributed by atoms with Crippen molar-refractivity contribution < 1.29 is 4.52 Å². The Hall–Kier alpha value is -3.06. The molecule has 0 aliphatic heterocycles. The van der Waals surface area contributed by atoms with Gasteiger partial charge in [-0.15, -0.1) is 10.2 Å². The average molecular weight is 421 g/mol. The van der Waals surface area contributed by atoms with E-state index in [9.17, 15) is 0 Å². The lowest BCUT2D eigenvalue weighted by atomic mass is 9.88. The summed E-state index contributed by atoms with van der Waals surface area (Å²) in [5, 5.41) is 13.8. The van der Waals surface area contributed by atoms with Crippen molar-refractivity contribution in [1.82, 2.24) is 29.9 Å². The Morgan fingerprint density at radius 3 is 2.63 bits per heavy atom. The highest BCUT2D eigenvalue weighted by Gasteiger charge is 2.35. The second-order valence-corrected chi connectivity index (χ2v) is 8.71. The molecule has 152 valence electrons. The van der Waals surface area contributed by atoms with E-state index in [0.29, 0.717) is 29.2 Å². The summed E-state index contributed by atoms with van der Waals surface area (Å²) in [5.41, 5.74) is 1.45. The van der Waals surface area contributed by atoms with Crippen LogP contribution in [0.15, 0.2) is 53.3 Å². The van der Waals surface area contributed by atoms with Gasteiger partial charge in [0, 0.05) is 41.0 Å². The molecule has 1 aliphatic rings. The number of aromatic nitrogens is 6. The first-order valence-corrected chi connectivity index (χ1v) is 10.3. The number of rotatable bonds is 6. The molecular formula is C22H21ClN6O. The van der Waals surface area contributed by atoms with Crippen molar-refractivity contribution in [2.75, 3.05) is 0 Å². The highest BCUT2D eigenvalue weighted by Crippen LogP contribution is 2.40. The minimum absolute atomic E-state index is 0.404. The maximum Gasteiger partial charge on any atom is 0.233 e. The van der Waals surface area contributed by atoms with Gasteiger partial charge in [0.1, 0.15) is 5.82 Å². The fourth-order valence-corrected chi connectivity index (χ4v) is 3.76. The molecule has 1 aliphatic carbocycles. The van der Waals surface area contributed by atoms with Crippen LogP contribution in [0.4, 0.5) is 0 Å². The fourth-order valence-electron chi connectivity index (χ4n) is 3.57. The van der Waals surface area contributed by atoms with Gasteiger partial charge in [-0.3, -0.25) is 4.98 Å². The van der Waals surface area contributed by atoms with Crippen LogP contribution in [0.5, 0.6) is 0 Å². The van der Waals surface area contributed by atoms with E-state index in [0.717, 1.165) is 35.6 Å². The first-order valence-electron chi connectivity index (χ1n) is 9.95. The smallest absolute Gasteiger partial charge is 0.233 e. The third-order valence-electron chi connectivity index (χ3n) is 5.30. The monoisotopic (exact) mass is 420 g/mol. The Morgan fingerprint density at radius 1 is 1.10 bits per heavy atom. The van der Waals surface area contributed by atoms with E-state index in [4.69, 9.17) is 16.1 Å². The molecule has 5 rings (SSSR count). The SMILES string of the molecule is CC(C)(Cc1nnc(-c2ccncc2)n1C1CC1)c1nc(-c2cccc(Cl)c2)no1. The van der Waals surface area contributed by atoms with E-state index < -0.39 is 5.41 Å². The standard InChI is InChI=1S/C22H21ClN6O/c1-22(2,21-25-19(28-30-21)15-4-3-5-16(23)12-15)13-18-26-27-20(29(18)17-6-7-17)14-8-10-24-11-9-14/h3-5,8-12,17H,6-7,13H2,1-2H3. The van der Waals surface area contributed by atoms with Crippen molar-refractivity contribution in [3.05, 3.63) is 65.5 Å². The number of hydrogen-bond donors (Lipinski definition) is 0. The molecule has 0 unspecified atom stereocenters. The molecule has 30 heavy (non-hydrogen) atoms. The number of hydrogen-bond acceptors (Lipinski definition) is 6. The maximum atomic E-state index is 6.10. The summed E-state index contributed by atoms with van der Waals surface area (Å²) in [6.45, 7) is 4.17. The predicted molar refractivity (Wildman–Crippen MR) is 113 cm³/mol. The van der Waals surface area contributed by atoms with Crippen molar-refractivity contribution in [3.8, 4) is 22.8 Å². The minimum Gasteiger partial charge on any atom is -0.338 e. The lowest BCUT2D eigenvalue weighted by molar-refractivity contribution is 0.301. The maximum absolute atomic E-state index is 6.10. The summed E-state index contributed by atoms with van der Waals surface area (Å²) in [4.78, 5) is 8.75. The van der Waals surface area contributed by atoms with E-state index in [-0.39, 0.29) is 0 Å². The molecule has 1 aromatic carbocycles. The van der Waals surface area contributed by atoms with Gasteiger partial charge in [-0.2, -0.15) is 4.98 Å². The van der Waals surface area contributed by atoms with Crippen LogP contribution in [0.3, 0.4) is 0 Å². The molecular weight excluding hydrogens is 400 g/mol. The first-order chi connectivity index (χ1) is 14.5. The third-order valence-corrected chi connectivity index (χ3v) is 5.54. The van der Waals surface area contributed by atoms with E-state index in [1.54, 1.807) is 12.4 Å². The van der Waals surface area contributed by atoms with Crippen LogP contribution in [0.25, 0.3) is 22.8 Å². The Kier molecular flexibility index (Phi) is 4.62. The van der Waals surface area contributed by atoms with Gasteiger partial charge in [-0.05, 0) is 37.1 Å². The lowest BCUT2D eigenvalue weighted by Gasteiger charge is -2.20. The van der Waals surface area contributed by atoms with Crippen LogP contribution < -0.4 is 0 Å². The molecule has 0 N–H and O–H groups in total. The van der Waals surface area contributed by atoms with Gasteiger partial charge in [-0.25, -0.2) is 0 Å². The Labute approximate surface area is 179 Å². The van der Waals surface area contributed by atoms with Crippen LogP contribution in [-0.4, -0.2) is 29.9 Å². The number of halogens is 1. The summed E-state index contributed by atoms with van der Waals surface area (Å²) in [6.07, 6.45) is 6.48. The zero-order valence-corrected chi connectivity index (χ0v) is 17.5. The van der Waals surface area contributed by atoms with Gasteiger partial charge in [0.2, 0.25) is 11.7 Å². The molecule has 0 amide bonds. The lowest BCUT2D eigenvalue weighted by Crippen LogP contribution is -2.23. The van der Waals surface area contributed by atoms with Crippen molar-refractivity contribution >= 4 is 11.6 Å². The topological polar surface area (TPSA) is 82.5 Å². The van der Waals surface area contributed by atoms with Crippen LogP contribution in [0, 0.1) is 0 Å². The van der Waals surface area contributed by atoms with Gasteiger partial charge in [0.25, 0.3) is 0 Å². The highest BCUT2D eigenvalue weighted by molar-refractivity contribution is 6.30. The molecule has 0 atom stereocenters. The molecule has 0 radical (unpaired) electrons. The normalized spacial score (nSPS) is 14.2.